The highest BCUT2D eigenvalue weighted by molar-refractivity contribution is 5.26. The van der Waals surface area contributed by atoms with Crippen LogP contribution >= 0.6 is 0 Å². The van der Waals surface area contributed by atoms with Crippen LogP contribution in [0.5, 0.6) is 0 Å². The van der Waals surface area contributed by atoms with Gasteiger partial charge in [-0.15, -0.1) is 0 Å². The average molecular weight is 246 g/mol. The van der Waals surface area contributed by atoms with Gasteiger partial charge in [0.05, 0.1) is 5.69 Å². The van der Waals surface area contributed by atoms with E-state index >= 15 is 0 Å². The Morgan fingerprint density at radius 3 is 2.71 bits per heavy atom. The molecule has 0 bridgehead atoms. The molecule has 1 aromatic rings. The molecule has 1 aromatic heterocycles. The number of nitrogen functional groups attached to an aromatic ring is 1. The third kappa shape index (κ3) is 2.85. The molecule has 2 heterocycles. The Kier molecular flexibility index (Phi) is 3.19. The van der Waals surface area contributed by atoms with Crippen LogP contribution in [0.15, 0.2) is 6.07 Å². The van der Waals surface area contributed by atoms with Crippen LogP contribution in [0, 0.1) is 0 Å². The number of hydrogen-bond acceptors (Lipinski definition) is 4. The van der Waals surface area contributed by atoms with Crippen molar-refractivity contribution in [2.24, 2.45) is 0 Å². The molecule has 1 aliphatic rings. The van der Waals surface area contributed by atoms with Crippen LogP contribution in [0.1, 0.15) is 30.1 Å². The van der Waals surface area contributed by atoms with Gasteiger partial charge in [-0.05, 0) is 25.5 Å². The predicted octanol–water partition coefficient (Wildman–Crippen LogP) is 1.54. The van der Waals surface area contributed by atoms with Gasteiger partial charge in [-0.3, -0.25) is 0 Å². The molecule has 0 unspecified atom stereocenters. The Labute approximate surface area is 96.4 Å². The maximum atomic E-state index is 12.6. The van der Waals surface area contributed by atoms with Crippen LogP contribution in [0.4, 0.5) is 19.1 Å². The molecule has 1 atom stereocenters. The highest BCUT2D eigenvalue weighted by Crippen LogP contribution is 2.31. The minimum absolute atomic E-state index is 0.0184. The lowest BCUT2D eigenvalue weighted by atomic mass is 9.95. The Balaban J connectivity index is 2.31. The first-order valence-corrected chi connectivity index (χ1v) is 5.39. The molecule has 1 saturated heterocycles. The molecular weight excluding hydrogens is 233 g/mol. The molecule has 0 spiro atoms. The number of halogens is 3. The van der Waals surface area contributed by atoms with Crippen LogP contribution in [-0.4, -0.2) is 23.1 Å². The zero-order valence-corrected chi connectivity index (χ0v) is 9.09. The van der Waals surface area contributed by atoms with Crippen molar-refractivity contribution in [3.05, 3.63) is 17.5 Å². The zero-order chi connectivity index (χ0) is 12.5. The van der Waals surface area contributed by atoms with Crippen molar-refractivity contribution in [2.45, 2.75) is 24.9 Å². The van der Waals surface area contributed by atoms with Crippen molar-refractivity contribution in [3.63, 3.8) is 0 Å². The summed E-state index contributed by atoms with van der Waals surface area (Å²) in [7, 11) is 0. The summed E-state index contributed by atoms with van der Waals surface area (Å²) in [5.41, 5.74) is 4.73. The van der Waals surface area contributed by atoms with Gasteiger partial charge >= 0.3 is 6.18 Å². The molecule has 7 heteroatoms. The molecule has 0 amide bonds. The summed E-state index contributed by atoms with van der Waals surface area (Å²) in [4.78, 5) is 7.12. The van der Waals surface area contributed by atoms with Crippen LogP contribution in [0.2, 0.25) is 0 Å². The number of nitrogens with one attached hydrogen (secondary N) is 1. The normalized spacial score (nSPS) is 21.5. The third-order valence-corrected chi connectivity index (χ3v) is 2.77. The van der Waals surface area contributed by atoms with E-state index in [-0.39, 0.29) is 11.9 Å². The summed E-state index contributed by atoms with van der Waals surface area (Å²) >= 11 is 0. The molecule has 1 aliphatic heterocycles. The van der Waals surface area contributed by atoms with E-state index in [4.69, 9.17) is 5.73 Å². The van der Waals surface area contributed by atoms with Gasteiger partial charge in [-0.25, -0.2) is 9.97 Å². The molecule has 0 aliphatic carbocycles. The van der Waals surface area contributed by atoms with Crippen molar-refractivity contribution in [3.8, 4) is 0 Å². The second kappa shape index (κ2) is 4.48. The number of alkyl halides is 3. The van der Waals surface area contributed by atoms with Gasteiger partial charge in [0.15, 0.2) is 0 Å². The Hall–Kier alpha value is -1.37. The van der Waals surface area contributed by atoms with E-state index < -0.39 is 11.9 Å². The topological polar surface area (TPSA) is 63.8 Å². The molecule has 2 rings (SSSR count). The van der Waals surface area contributed by atoms with Crippen LogP contribution in [-0.2, 0) is 6.18 Å². The second-order valence-electron chi connectivity index (χ2n) is 4.08. The Morgan fingerprint density at radius 1 is 1.35 bits per heavy atom. The summed E-state index contributed by atoms with van der Waals surface area (Å²) in [5, 5.41) is 3.13. The highest BCUT2D eigenvalue weighted by atomic mass is 19.4. The summed E-state index contributed by atoms with van der Waals surface area (Å²) in [6.45, 7) is 1.52. The quantitative estimate of drug-likeness (QED) is 0.789. The minimum Gasteiger partial charge on any atom is -0.368 e. The maximum Gasteiger partial charge on any atom is 0.433 e. The van der Waals surface area contributed by atoms with E-state index in [1.165, 1.54) is 0 Å². The molecule has 0 radical (unpaired) electrons. The lowest BCUT2D eigenvalue weighted by Crippen LogP contribution is -2.29. The Morgan fingerprint density at radius 2 is 2.12 bits per heavy atom. The first-order valence-electron chi connectivity index (χ1n) is 5.39. The van der Waals surface area contributed by atoms with Gasteiger partial charge in [0.1, 0.15) is 5.69 Å². The lowest BCUT2D eigenvalue weighted by molar-refractivity contribution is -0.141. The van der Waals surface area contributed by atoms with E-state index in [9.17, 15) is 13.2 Å². The average Bonchev–Trinajstić information content (AvgIpc) is 2.28. The number of hydrogen-bond donors (Lipinski definition) is 2. The number of rotatable bonds is 1. The standard InChI is InChI=1S/C10H13F3N4/c11-10(12,13)8-4-7(16-9(14)17-8)6-2-1-3-15-5-6/h4,6,15H,1-3,5H2,(H2,14,16,17)/t6-/m0/s1. The van der Waals surface area contributed by atoms with E-state index in [0.29, 0.717) is 12.2 Å². The van der Waals surface area contributed by atoms with Crippen molar-refractivity contribution in [1.82, 2.24) is 15.3 Å². The molecule has 0 aromatic carbocycles. The summed E-state index contributed by atoms with van der Waals surface area (Å²) in [6.07, 6.45) is -2.73. The largest absolute Gasteiger partial charge is 0.433 e. The SMILES string of the molecule is Nc1nc([C@H]2CCCNC2)cc(C(F)(F)F)n1. The fourth-order valence-electron chi connectivity index (χ4n) is 1.94. The molecule has 0 saturated carbocycles. The minimum atomic E-state index is -4.48. The van der Waals surface area contributed by atoms with Gasteiger partial charge in [-0.2, -0.15) is 13.2 Å². The van der Waals surface area contributed by atoms with E-state index in [2.05, 4.69) is 15.3 Å². The van der Waals surface area contributed by atoms with Crippen LogP contribution in [0.3, 0.4) is 0 Å². The fraction of sp³-hybridized carbons (Fsp3) is 0.600. The van der Waals surface area contributed by atoms with E-state index in [1.807, 2.05) is 0 Å². The molecule has 1 fully saturated rings. The molecule has 3 N–H and O–H groups in total. The summed E-state index contributed by atoms with van der Waals surface area (Å²) < 4.78 is 37.7. The fourth-order valence-corrected chi connectivity index (χ4v) is 1.94. The number of anilines is 1. The number of aromatic nitrogens is 2. The number of nitrogens with zero attached hydrogens (tertiary/aromatic N) is 2. The van der Waals surface area contributed by atoms with Crippen LogP contribution in [0.25, 0.3) is 0 Å². The van der Waals surface area contributed by atoms with Gasteiger partial charge in [0.25, 0.3) is 0 Å². The Bertz CT molecular complexity index is 399. The zero-order valence-electron chi connectivity index (χ0n) is 9.09. The highest BCUT2D eigenvalue weighted by Gasteiger charge is 2.34. The molecule has 94 valence electrons. The van der Waals surface area contributed by atoms with Crippen molar-refractivity contribution < 1.29 is 13.2 Å². The van der Waals surface area contributed by atoms with Crippen LogP contribution < -0.4 is 11.1 Å². The molecule has 4 nitrogen and oxygen atoms in total. The third-order valence-electron chi connectivity index (χ3n) is 2.77. The lowest BCUT2D eigenvalue weighted by Gasteiger charge is -2.22. The monoisotopic (exact) mass is 246 g/mol. The van der Waals surface area contributed by atoms with Crippen molar-refractivity contribution >= 4 is 5.95 Å². The second-order valence-corrected chi connectivity index (χ2v) is 4.08. The maximum absolute atomic E-state index is 12.6. The number of nitrogens with two attached hydrogens (primary N) is 1. The number of piperidine rings is 1. The van der Waals surface area contributed by atoms with Gasteiger partial charge in [0, 0.05) is 12.5 Å². The summed E-state index contributed by atoms with van der Waals surface area (Å²) in [6, 6.07) is 0.994. The van der Waals surface area contributed by atoms with Gasteiger partial charge < -0.3 is 11.1 Å². The summed E-state index contributed by atoms with van der Waals surface area (Å²) in [5.74, 6) is -0.337. The smallest absolute Gasteiger partial charge is 0.368 e. The van der Waals surface area contributed by atoms with Crippen molar-refractivity contribution in [1.29, 1.82) is 0 Å². The van der Waals surface area contributed by atoms with E-state index in [0.717, 1.165) is 25.5 Å². The first-order chi connectivity index (χ1) is 7.97. The molecular formula is C10H13F3N4. The predicted molar refractivity (Wildman–Crippen MR) is 56.3 cm³/mol. The van der Waals surface area contributed by atoms with Crippen molar-refractivity contribution in [2.75, 3.05) is 18.8 Å². The molecule has 17 heavy (non-hydrogen) atoms. The first kappa shape index (κ1) is 12.1. The van der Waals surface area contributed by atoms with Gasteiger partial charge in [-0.1, -0.05) is 0 Å². The van der Waals surface area contributed by atoms with Gasteiger partial charge in [0.2, 0.25) is 5.95 Å². The van der Waals surface area contributed by atoms with E-state index in [1.54, 1.807) is 0 Å².